The van der Waals surface area contributed by atoms with Gasteiger partial charge >= 0.3 is 0 Å². The lowest BCUT2D eigenvalue weighted by Gasteiger charge is -2.25. The lowest BCUT2D eigenvalue weighted by Crippen LogP contribution is -2.29. The zero-order valence-corrected chi connectivity index (χ0v) is 11.8. The van der Waals surface area contributed by atoms with Crippen LogP contribution in [0.2, 0.25) is 0 Å². The monoisotopic (exact) mass is 268 g/mol. The molecule has 0 saturated carbocycles. The third-order valence-corrected chi connectivity index (χ3v) is 4.12. The zero-order chi connectivity index (χ0) is 14.1. The molecule has 1 aliphatic carbocycles. The summed E-state index contributed by atoms with van der Waals surface area (Å²) < 4.78 is 1.89. The Kier molecular flexibility index (Phi) is 3.45. The number of hydrogen-bond donors (Lipinski definition) is 1. The smallest absolute Gasteiger partial charge is 0.251 e. The number of nitrogens with two attached hydrogens (primary N) is 1. The maximum absolute atomic E-state index is 12.2. The van der Waals surface area contributed by atoms with Crippen LogP contribution in [0.25, 0.3) is 0 Å². The van der Waals surface area contributed by atoms with Gasteiger partial charge in [-0.2, -0.15) is 0 Å². The Morgan fingerprint density at radius 2 is 1.95 bits per heavy atom. The summed E-state index contributed by atoms with van der Waals surface area (Å²) in [5.74, 6) is 0. The molecule has 3 rings (SSSR count). The second kappa shape index (κ2) is 5.25. The summed E-state index contributed by atoms with van der Waals surface area (Å²) in [5, 5.41) is 0. The summed E-state index contributed by atoms with van der Waals surface area (Å²) in [6.07, 6.45) is 3.02. The first-order valence-electron chi connectivity index (χ1n) is 7.19. The SMILES string of the molecule is Cc1ccc(Cn2c3c(ccc2=O)C(N)CCC3)cc1. The summed E-state index contributed by atoms with van der Waals surface area (Å²) in [5.41, 5.74) is 10.9. The van der Waals surface area contributed by atoms with Crippen LogP contribution >= 0.6 is 0 Å². The fraction of sp³-hybridized carbons (Fsp3) is 0.353. The molecule has 1 atom stereocenters. The van der Waals surface area contributed by atoms with E-state index in [1.54, 1.807) is 6.07 Å². The van der Waals surface area contributed by atoms with Crippen molar-refractivity contribution < 1.29 is 0 Å². The first-order chi connectivity index (χ1) is 9.65. The predicted octanol–water partition coefficient (Wildman–Crippen LogP) is 2.54. The van der Waals surface area contributed by atoms with Crippen molar-refractivity contribution in [2.45, 2.75) is 38.8 Å². The Balaban J connectivity index is 2.02. The average molecular weight is 268 g/mol. The van der Waals surface area contributed by atoms with Crippen LogP contribution < -0.4 is 11.3 Å². The highest BCUT2D eigenvalue weighted by Crippen LogP contribution is 2.26. The van der Waals surface area contributed by atoms with Crippen molar-refractivity contribution in [2.24, 2.45) is 5.73 Å². The summed E-state index contributed by atoms with van der Waals surface area (Å²) >= 11 is 0. The molecule has 1 aromatic heterocycles. The van der Waals surface area contributed by atoms with E-state index in [0.717, 1.165) is 36.1 Å². The first kappa shape index (κ1) is 13.1. The molecular formula is C17H20N2O. The number of aromatic nitrogens is 1. The van der Waals surface area contributed by atoms with Crippen molar-refractivity contribution in [3.8, 4) is 0 Å². The van der Waals surface area contributed by atoms with Gasteiger partial charge in [-0.3, -0.25) is 4.79 Å². The second-order valence-electron chi connectivity index (χ2n) is 5.64. The highest BCUT2D eigenvalue weighted by atomic mass is 16.1. The van der Waals surface area contributed by atoms with Gasteiger partial charge in [-0.15, -0.1) is 0 Å². The molecule has 0 aliphatic heterocycles. The number of hydrogen-bond acceptors (Lipinski definition) is 2. The van der Waals surface area contributed by atoms with Crippen molar-refractivity contribution in [3.05, 3.63) is 69.1 Å². The molecule has 3 nitrogen and oxygen atoms in total. The van der Waals surface area contributed by atoms with Gasteiger partial charge in [0.15, 0.2) is 0 Å². The Morgan fingerprint density at radius 1 is 1.20 bits per heavy atom. The standard InChI is InChI=1S/C17H20N2O/c1-12-5-7-13(8-6-12)11-19-16-4-2-3-15(18)14(16)9-10-17(19)20/h5-10,15H,2-4,11,18H2,1H3. The Morgan fingerprint density at radius 3 is 2.70 bits per heavy atom. The van der Waals surface area contributed by atoms with E-state index >= 15 is 0 Å². The highest BCUT2D eigenvalue weighted by molar-refractivity contribution is 5.29. The molecule has 0 amide bonds. The van der Waals surface area contributed by atoms with Crippen molar-refractivity contribution in [2.75, 3.05) is 0 Å². The normalized spacial score (nSPS) is 17.8. The van der Waals surface area contributed by atoms with Crippen molar-refractivity contribution >= 4 is 0 Å². The number of nitrogens with zero attached hydrogens (tertiary/aromatic N) is 1. The van der Waals surface area contributed by atoms with Crippen LogP contribution in [0.3, 0.4) is 0 Å². The molecule has 1 aliphatic rings. The number of aryl methyl sites for hydroxylation is 1. The average Bonchev–Trinajstić information content (AvgIpc) is 2.44. The van der Waals surface area contributed by atoms with E-state index in [0.29, 0.717) is 6.54 Å². The van der Waals surface area contributed by atoms with Crippen molar-refractivity contribution in [3.63, 3.8) is 0 Å². The fourth-order valence-corrected chi connectivity index (χ4v) is 2.95. The molecule has 2 N–H and O–H groups in total. The topological polar surface area (TPSA) is 48.0 Å². The van der Waals surface area contributed by atoms with Crippen LogP contribution in [0, 0.1) is 6.92 Å². The molecule has 104 valence electrons. The van der Waals surface area contributed by atoms with Crippen molar-refractivity contribution in [1.82, 2.24) is 4.57 Å². The minimum absolute atomic E-state index is 0.0680. The predicted molar refractivity (Wildman–Crippen MR) is 80.8 cm³/mol. The maximum Gasteiger partial charge on any atom is 0.251 e. The Labute approximate surface area is 119 Å². The van der Waals surface area contributed by atoms with E-state index in [4.69, 9.17) is 5.73 Å². The molecule has 20 heavy (non-hydrogen) atoms. The van der Waals surface area contributed by atoms with Crippen LogP contribution in [0.4, 0.5) is 0 Å². The first-order valence-corrected chi connectivity index (χ1v) is 7.19. The van der Waals surface area contributed by atoms with E-state index < -0.39 is 0 Å². The molecule has 1 unspecified atom stereocenters. The van der Waals surface area contributed by atoms with Crippen LogP contribution in [0.1, 0.15) is 41.3 Å². The van der Waals surface area contributed by atoms with Crippen LogP contribution in [-0.2, 0) is 13.0 Å². The molecule has 0 saturated heterocycles. The molecule has 2 aromatic rings. The van der Waals surface area contributed by atoms with Gasteiger partial charge in [-0.05, 0) is 37.3 Å². The van der Waals surface area contributed by atoms with Gasteiger partial charge in [0.05, 0.1) is 6.54 Å². The lowest BCUT2D eigenvalue weighted by molar-refractivity contribution is 0.529. The van der Waals surface area contributed by atoms with E-state index in [2.05, 4.69) is 31.2 Å². The largest absolute Gasteiger partial charge is 0.324 e. The quantitative estimate of drug-likeness (QED) is 0.910. The number of rotatable bonds is 2. The molecule has 3 heteroatoms. The summed E-state index contributed by atoms with van der Waals surface area (Å²) in [4.78, 5) is 12.2. The third kappa shape index (κ3) is 2.41. The lowest BCUT2D eigenvalue weighted by atomic mass is 9.91. The summed E-state index contributed by atoms with van der Waals surface area (Å²) in [7, 11) is 0. The molecule has 0 spiro atoms. The number of benzene rings is 1. The minimum Gasteiger partial charge on any atom is -0.324 e. The fourth-order valence-electron chi connectivity index (χ4n) is 2.95. The molecule has 0 radical (unpaired) electrons. The second-order valence-corrected chi connectivity index (χ2v) is 5.64. The molecule has 1 aromatic carbocycles. The van der Waals surface area contributed by atoms with Gasteiger partial charge in [-0.25, -0.2) is 0 Å². The maximum atomic E-state index is 12.2. The van der Waals surface area contributed by atoms with Gasteiger partial charge in [0.2, 0.25) is 0 Å². The van der Waals surface area contributed by atoms with Gasteiger partial charge in [0, 0.05) is 17.8 Å². The zero-order valence-electron chi connectivity index (χ0n) is 11.8. The van der Waals surface area contributed by atoms with Gasteiger partial charge in [0.25, 0.3) is 5.56 Å². The Hall–Kier alpha value is -1.87. The van der Waals surface area contributed by atoms with Gasteiger partial charge in [-0.1, -0.05) is 35.9 Å². The molecule has 1 heterocycles. The molecule has 0 fully saturated rings. The third-order valence-electron chi connectivity index (χ3n) is 4.12. The van der Waals surface area contributed by atoms with Gasteiger partial charge < -0.3 is 10.3 Å². The van der Waals surface area contributed by atoms with E-state index in [1.807, 2.05) is 10.6 Å². The highest BCUT2D eigenvalue weighted by Gasteiger charge is 2.20. The van der Waals surface area contributed by atoms with Crippen molar-refractivity contribution in [1.29, 1.82) is 0 Å². The van der Waals surface area contributed by atoms with E-state index in [1.165, 1.54) is 5.56 Å². The van der Waals surface area contributed by atoms with Gasteiger partial charge in [0.1, 0.15) is 0 Å². The summed E-state index contributed by atoms with van der Waals surface area (Å²) in [6, 6.07) is 12.0. The van der Waals surface area contributed by atoms with Crippen LogP contribution in [0.15, 0.2) is 41.2 Å². The van der Waals surface area contributed by atoms with Crippen LogP contribution in [0.5, 0.6) is 0 Å². The summed E-state index contributed by atoms with van der Waals surface area (Å²) in [6.45, 7) is 2.70. The van der Waals surface area contributed by atoms with E-state index in [9.17, 15) is 4.79 Å². The minimum atomic E-state index is 0.0680. The molecular weight excluding hydrogens is 248 g/mol. The molecule has 0 bridgehead atoms. The number of pyridine rings is 1. The Bertz CT molecular complexity index is 670. The van der Waals surface area contributed by atoms with Crippen LogP contribution in [-0.4, -0.2) is 4.57 Å². The van der Waals surface area contributed by atoms with E-state index in [-0.39, 0.29) is 11.6 Å². The number of fused-ring (bicyclic) bond motifs is 1.